The monoisotopic (exact) mass is 354 g/mol. The van der Waals surface area contributed by atoms with Crippen LogP contribution in [0, 0.1) is 17.8 Å². The number of benzene rings is 2. The van der Waals surface area contributed by atoms with Crippen LogP contribution < -0.4 is 4.74 Å². The van der Waals surface area contributed by atoms with Gasteiger partial charge >= 0.3 is 6.61 Å². The number of hydrogen-bond acceptors (Lipinski definition) is 1. The summed E-state index contributed by atoms with van der Waals surface area (Å²) in [4.78, 5) is 0. The van der Waals surface area contributed by atoms with Gasteiger partial charge in [0, 0.05) is 11.1 Å². The van der Waals surface area contributed by atoms with Gasteiger partial charge in [0.25, 0.3) is 0 Å². The summed E-state index contributed by atoms with van der Waals surface area (Å²) in [7, 11) is 0. The predicted octanol–water partition coefficient (Wildman–Crippen LogP) is 6.37. The highest BCUT2D eigenvalue weighted by atomic mass is 19.3. The molecule has 0 amide bonds. The van der Waals surface area contributed by atoms with Crippen molar-refractivity contribution in [2.24, 2.45) is 5.92 Å². The molecule has 0 radical (unpaired) electrons. The average Bonchev–Trinajstić information content (AvgIpc) is 2.67. The molecule has 3 rings (SSSR count). The van der Waals surface area contributed by atoms with Crippen LogP contribution in [0.2, 0.25) is 0 Å². The van der Waals surface area contributed by atoms with E-state index in [1.54, 1.807) is 12.1 Å². The number of rotatable bonds is 4. The summed E-state index contributed by atoms with van der Waals surface area (Å²) in [5.74, 6) is 7.93. The molecule has 1 fully saturated rings. The minimum Gasteiger partial charge on any atom is -0.435 e. The summed E-state index contributed by atoms with van der Waals surface area (Å²) in [5, 5.41) is 0. The first-order valence-corrected chi connectivity index (χ1v) is 9.31. The van der Waals surface area contributed by atoms with E-state index in [0.29, 0.717) is 5.92 Å². The van der Waals surface area contributed by atoms with E-state index in [-0.39, 0.29) is 5.75 Å². The van der Waals surface area contributed by atoms with Crippen molar-refractivity contribution in [1.29, 1.82) is 0 Å². The van der Waals surface area contributed by atoms with E-state index in [9.17, 15) is 8.78 Å². The first-order valence-electron chi connectivity index (χ1n) is 9.31. The molecular formula is C23H24F2O. The molecule has 1 nitrogen and oxygen atoms in total. The van der Waals surface area contributed by atoms with Crippen LogP contribution in [0.25, 0.3) is 0 Å². The van der Waals surface area contributed by atoms with E-state index >= 15 is 0 Å². The second kappa shape index (κ2) is 8.85. The minimum absolute atomic E-state index is 0.146. The zero-order valence-electron chi connectivity index (χ0n) is 15.1. The molecule has 0 N–H and O–H groups in total. The highest BCUT2D eigenvalue weighted by molar-refractivity contribution is 5.45. The van der Waals surface area contributed by atoms with Gasteiger partial charge in [-0.05, 0) is 79.5 Å². The molecule has 3 heteroatoms. The van der Waals surface area contributed by atoms with E-state index in [1.807, 2.05) is 0 Å². The Labute approximate surface area is 154 Å². The summed E-state index contributed by atoms with van der Waals surface area (Å²) in [6.45, 7) is -0.514. The lowest BCUT2D eigenvalue weighted by Gasteiger charge is -2.28. The van der Waals surface area contributed by atoms with Crippen molar-refractivity contribution < 1.29 is 13.5 Å². The van der Waals surface area contributed by atoms with Crippen LogP contribution in [-0.4, -0.2) is 6.61 Å². The Kier molecular flexibility index (Phi) is 6.28. The molecule has 0 aliphatic heterocycles. The number of halogens is 2. The van der Waals surface area contributed by atoms with Gasteiger partial charge in [-0.15, -0.1) is 0 Å². The molecule has 26 heavy (non-hydrogen) atoms. The number of alkyl halides is 2. The Morgan fingerprint density at radius 2 is 1.42 bits per heavy atom. The Hall–Kier alpha value is -2.34. The highest BCUT2D eigenvalue weighted by Gasteiger charge is 2.20. The molecule has 0 atom stereocenters. The van der Waals surface area contributed by atoms with Crippen molar-refractivity contribution in [3.63, 3.8) is 0 Å². The largest absolute Gasteiger partial charge is 0.435 e. The Morgan fingerprint density at radius 1 is 0.885 bits per heavy atom. The number of hydrogen-bond donors (Lipinski definition) is 0. The zero-order chi connectivity index (χ0) is 18.4. The maximum Gasteiger partial charge on any atom is 0.387 e. The lowest BCUT2D eigenvalue weighted by Crippen LogP contribution is -2.12. The maximum atomic E-state index is 12.1. The highest BCUT2D eigenvalue weighted by Crippen LogP contribution is 2.36. The van der Waals surface area contributed by atoms with Crippen LogP contribution in [0.1, 0.15) is 61.6 Å². The fraction of sp³-hybridized carbons (Fsp3) is 0.391. The molecule has 2 aromatic carbocycles. The van der Waals surface area contributed by atoms with Crippen LogP contribution >= 0.6 is 0 Å². The molecule has 0 aromatic heterocycles. The van der Waals surface area contributed by atoms with Crippen molar-refractivity contribution in [2.45, 2.75) is 51.6 Å². The van der Waals surface area contributed by atoms with Gasteiger partial charge in [-0.2, -0.15) is 8.78 Å². The molecule has 0 unspecified atom stereocenters. The normalized spacial score (nSPS) is 19.7. The van der Waals surface area contributed by atoms with Crippen molar-refractivity contribution >= 4 is 0 Å². The lowest BCUT2D eigenvalue weighted by molar-refractivity contribution is -0.0498. The molecule has 0 heterocycles. The topological polar surface area (TPSA) is 9.23 Å². The van der Waals surface area contributed by atoms with E-state index < -0.39 is 6.61 Å². The van der Waals surface area contributed by atoms with Crippen molar-refractivity contribution in [2.75, 3.05) is 0 Å². The summed E-state index contributed by atoms with van der Waals surface area (Å²) in [5.41, 5.74) is 3.15. The molecular weight excluding hydrogens is 330 g/mol. The molecule has 0 saturated heterocycles. The standard InChI is InChI=1S/C23H24F2O/c1-2-17-5-11-20(12-6-17)21-13-7-18(8-14-21)3-4-19-9-15-22(16-10-19)26-23(24)25/h7-10,13-17,20,23H,2,5-6,11-12H2,1H3. The fourth-order valence-corrected chi connectivity index (χ4v) is 3.61. The molecule has 0 bridgehead atoms. The molecule has 1 saturated carbocycles. The van der Waals surface area contributed by atoms with Gasteiger partial charge in [0.2, 0.25) is 0 Å². The molecule has 1 aliphatic carbocycles. The summed E-state index contributed by atoms with van der Waals surface area (Å²) < 4.78 is 28.6. The van der Waals surface area contributed by atoms with Crippen molar-refractivity contribution in [3.8, 4) is 17.6 Å². The van der Waals surface area contributed by atoms with Gasteiger partial charge < -0.3 is 4.74 Å². The van der Waals surface area contributed by atoms with Crippen LogP contribution in [0.3, 0.4) is 0 Å². The van der Waals surface area contributed by atoms with Crippen molar-refractivity contribution in [1.82, 2.24) is 0 Å². The van der Waals surface area contributed by atoms with Gasteiger partial charge in [-0.3, -0.25) is 0 Å². The quantitative estimate of drug-likeness (QED) is 0.580. The fourth-order valence-electron chi connectivity index (χ4n) is 3.61. The van der Waals surface area contributed by atoms with E-state index in [4.69, 9.17) is 0 Å². The molecule has 2 aromatic rings. The Balaban J connectivity index is 1.60. The predicted molar refractivity (Wildman–Crippen MR) is 100 cm³/mol. The van der Waals surface area contributed by atoms with Crippen LogP contribution in [0.15, 0.2) is 48.5 Å². The molecule has 1 aliphatic rings. The smallest absolute Gasteiger partial charge is 0.387 e. The molecule has 0 spiro atoms. The van der Waals surface area contributed by atoms with Gasteiger partial charge in [0.15, 0.2) is 0 Å². The van der Waals surface area contributed by atoms with Gasteiger partial charge in [0.1, 0.15) is 5.75 Å². The maximum absolute atomic E-state index is 12.1. The zero-order valence-corrected chi connectivity index (χ0v) is 15.1. The second-order valence-corrected chi connectivity index (χ2v) is 6.90. The SMILES string of the molecule is CCC1CCC(c2ccc(C#Cc3ccc(OC(F)F)cc3)cc2)CC1. The first-order chi connectivity index (χ1) is 12.6. The van der Waals surface area contributed by atoms with E-state index in [1.165, 1.54) is 49.8 Å². The summed E-state index contributed by atoms with van der Waals surface area (Å²) >= 11 is 0. The Morgan fingerprint density at radius 3 is 1.92 bits per heavy atom. The average molecular weight is 354 g/mol. The second-order valence-electron chi connectivity index (χ2n) is 6.90. The number of ether oxygens (including phenoxy) is 1. The van der Waals surface area contributed by atoms with Gasteiger partial charge in [-0.25, -0.2) is 0 Å². The van der Waals surface area contributed by atoms with Crippen molar-refractivity contribution in [3.05, 3.63) is 65.2 Å². The van der Waals surface area contributed by atoms with Crippen LogP contribution in [-0.2, 0) is 0 Å². The van der Waals surface area contributed by atoms with E-state index in [0.717, 1.165) is 17.0 Å². The minimum atomic E-state index is -2.80. The van der Waals surface area contributed by atoms with Crippen LogP contribution in [0.4, 0.5) is 8.78 Å². The van der Waals surface area contributed by atoms with Gasteiger partial charge in [0.05, 0.1) is 0 Å². The third kappa shape index (κ3) is 5.08. The Bertz CT molecular complexity index is 746. The van der Waals surface area contributed by atoms with E-state index in [2.05, 4.69) is 47.8 Å². The molecule has 136 valence electrons. The third-order valence-corrected chi connectivity index (χ3v) is 5.24. The third-order valence-electron chi connectivity index (χ3n) is 5.24. The lowest BCUT2D eigenvalue weighted by atomic mass is 9.78. The van der Waals surface area contributed by atoms with Crippen LogP contribution in [0.5, 0.6) is 5.75 Å². The first kappa shape index (κ1) is 18.5. The van der Waals surface area contributed by atoms with Gasteiger partial charge in [-0.1, -0.05) is 37.3 Å². The summed E-state index contributed by atoms with van der Waals surface area (Å²) in [6, 6.07) is 14.9. The summed E-state index contributed by atoms with van der Waals surface area (Å²) in [6.07, 6.45) is 6.56.